The van der Waals surface area contributed by atoms with E-state index < -0.39 is 18.1 Å². The van der Waals surface area contributed by atoms with Crippen molar-refractivity contribution in [3.8, 4) is 0 Å². The van der Waals surface area contributed by atoms with Gasteiger partial charge in [-0.3, -0.25) is 9.78 Å². The minimum Gasteiger partial charge on any atom is -0.387 e. The van der Waals surface area contributed by atoms with Crippen LogP contribution in [0.3, 0.4) is 0 Å². The van der Waals surface area contributed by atoms with Gasteiger partial charge in [-0.15, -0.1) is 0 Å². The highest BCUT2D eigenvalue weighted by Crippen LogP contribution is 2.20. The van der Waals surface area contributed by atoms with E-state index >= 15 is 0 Å². The smallest absolute Gasteiger partial charge is 0.242 e. The average Bonchev–Trinajstić information content (AvgIpc) is 2.39. The Balaban J connectivity index is 2.20. The predicted molar refractivity (Wildman–Crippen MR) is 66.0 cm³/mol. The highest BCUT2D eigenvalue weighted by atomic mass is 16.5. The molecule has 3 N–H and O–H groups in total. The molecule has 0 aromatic carbocycles. The van der Waals surface area contributed by atoms with E-state index in [4.69, 9.17) is 10.5 Å². The van der Waals surface area contributed by atoms with Gasteiger partial charge in [-0.1, -0.05) is 0 Å². The summed E-state index contributed by atoms with van der Waals surface area (Å²) in [7, 11) is 0. The number of ether oxygens (including phenoxy) is 1. The van der Waals surface area contributed by atoms with Gasteiger partial charge in [0, 0.05) is 6.54 Å². The normalized spacial score (nSPS) is 21.7. The van der Waals surface area contributed by atoms with Gasteiger partial charge in [0.25, 0.3) is 0 Å². The largest absolute Gasteiger partial charge is 0.387 e. The summed E-state index contributed by atoms with van der Waals surface area (Å²) in [6.45, 7) is 3.11. The Morgan fingerprint density at radius 2 is 2.44 bits per heavy atom. The number of morpholine rings is 1. The van der Waals surface area contributed by atoms with E-state index in [1.165, 1.54) is 0 Å². The first-order chi connectivity index (χ1) is 8.59. The van der Waals surface area contributed by atoms with Gasteiger partial charge in [0.15, 0.2) is 0 Å². The number of hydrogen-bond donors (Lipinski definition) is 2. The Kier molecular flexibility index (Phi) is 3.78. The monoisotopic (exact) mass is 251 g/mol. The van der Waals surface area contributed by atoms with Gasteiger partial charge in [0.1, 0.15) is 6.04 Å². The molecule has 1 aromatic rings. The summed E-state index contributed by atoms with van der Waals surface area (Å²) >= 11 is 0. The Hall–Kier alpha value is -1.66. The molecule has 0 bridgehead atoms. The highest BCUT2D eigenvalue weighted by Gasteiger charge is 2.28. The molecule has 1 aliphatic heterocycles. The molecule has 2 rings (SSSR count). The molecule has 1 unspecified atom stereocenters. The first-order valence-corrected chi connectivity index (χ1v) is 5.87. The lowest BCUT2D eigenvalue weighted by Gasteiger charge is -2.35. The zero-order valence-corrected chi connectivity index (χ0v) is 10.2. The standard InChI is InChI=1S/C12H17N3O3/c1-8(16)10-3-2-9(6-14-10)15-4-5-18-7-11(15)12(13)17/h2-3,6,8,11,16H,4-5,7H2,1H3,(H2,13,17)/t8-,11?/m1/s1. The fourth-order valence-corrected chi connectivity index (χ4v) is 1.96. The highest BCUT2D eigenvalue weighted by molar-refractivity contribution is 5.84. The number of anilines is 1. The lowest BCUT2D eigenvalue weighted by molar-refractivity contribution is -0.121. The van der Waals surface area contributed by atoms with Crippen LogP contribution >= 0.6 is 0 Å². The van der Waals surface area contributed by atoms with Crippen molar-refractivity contribution < 1.29 is 14.6 Å². The first-order valence-electron chi connectivity index (χ1n) is 5.87. The number of rotatable bonds is 3. The van der Waals surface area contributed by atoms with Crippen molar-refractivity contribution in [3.63, 3.8) is 0 Å². The molecule has 1 saturated heterocycles. The average molecular weight is 251 g/mol. The predicted octanol–water partition coefficient (Wildman–Crippen LogP) is -0.175. The van der Waals surface area contributed by atoms with Crippen LogP contribution in [-0.2, 0) is 9.53 Å². The second-order valence-corrected chi connectivity index (χ2v) is 4.30. The third kappa shape index (κ3) is 2.60. The van der Waals surface area contributed by atoms with Crippen molar-refractivity contribution >= 4 is 11.6 Å². The molecule has 2 heterocycles. The summed E-state index contributed by atoms with van der Waals surface area (Å²) in [4.78, 5) is 17.4. The molecule has 0 spiro atoms. The molecule has 18 heavy (non-hydrogen) atoms. The molecule has 98 valence electrons. The quantitative estimate of drug-likeness (QED) is 0.778. The minimum atomic E-state index is -0.601. The van der Waals surface area contributed by atoms with Crippen LogP contribution in [0, 0.1) is 0 Å². The number of aromatic nitrogens is 1. The Labute approximate surface area is 105 Å². The van der Waals surface area contributed by atoms with Gasteiger partial charge in [-0.25, -0.2) is 0 Å². The fraction of sp³-hybridized carbons (Fsp3) is 0.500. The first kappa shape index (κ1) is 12.8. The third-order valence-electron chi connectivity index (χ3n) is 2.99. The van der Waals surface area contributed by atoms with Crippen LogP contribution in [0.5, 0.6) is 0 Å². The number of hydrogen-bond acceptors (Lipinski definition) is 5. The maximum Gasteiger partial charge on any atom is 0.242 e. The van der Waals surface area contributed by atoms with Crippen molar-refractivity contribution in [1.82, 2.24) is 4.98 Å². The Morgan fingerprint density at radius 1 is 1.67 bits per heavy atom. The van der Waals surface area contributed by atoms with E-state index in [9.17, 15) is 9.90 Å². The van der Waals surface area contributed by atoms with Crippen LogP contribution in [0.4, 0.5) is 5.69 Å². The molecule has 0 aliphatic carbocycles. The molecule has 6 heteroatoms. The number of carbonyl (C=O) groups is 1. The third-order valence-corrected chi connectivity index (χ3v) is 2.99. The van der Waals surface area contributed by atoms with Crippen LogP contribution in [0.2, 0.25) is 0 Å². The maximum atomic E-state index is 11.4. The van der Waals surface area contributed by atoms with Crippen LogP contribution < -0.4 is 10.6 Å². The van der Waals surface area contributed by atoms with Crippen molar-refractivity contribution in [2.24, 2.45) is 5.73 Å². The van der Waals surface area contributed by atoms with Gasteiger partial charge >= 0.3 is 0 Å². The van der Waals surface area contributed by atoms with E-state index in [-0.39, 0.29) is 0 Å². The van der Waals surface area contributed by atoms with Gasteiger partial charge in [-0.05, 0) is 19.1 Å². The lowest BCUT2D eigenvalue weighted by atomic mass is 10.2. The topological polar surface area (TPSA) is 88.7 Å². The Morgan fingerprint density at radius 3 is 3.00 bits per heavy atom. The molecule has 2 atom stereocenters. The molecular formula is C12H17N3O3. The summed E-state index contributed by atoms with van der Waals surface area (Å²) < 4.78 is 5.25. The summed E-state index contributed by atoms with van der Waals surface area (Å²) in [5.74, 6) is -0.408. The number of nitrogens with two attached hydrogens (primary N) is 1. The number of primary amides is 1. The second kappa shape index (κ2) is 5.32. The molecule has 1 aromatic heterocycles. The van der Waals surface area contributed by atoms with Gasteiger partial charge in [0.2, 0.25) is 5.91 Å². The minimum absolute atomic E-state index is 0.299. The Bertz CT molecular complexity index is 419. The maximum absolute atomic E-state index is 11.4. The zero-order valence-electron chi connectivity index (χ0n) is 10.2. The number of amides is 1. The van der Waals surface area contributed by atoms with E-state index in [1.807, 2.05) is 11.0 Å². The number of pyridine rings is 1. The van der Waals surface area contributed by atoms with Crippen LogP contribution in [0.25, 0.3) is 0 Å². The SMILES string of the molecule is C[C@@H](O)c1ccc(N2CCOCC2C(N)=O)cn1. The van der Waals surface area contributed by atoms with Crippen molar-refractivity contribution in [3.05, 3.63) is 24.0 Å². The summed E-state index contributed by atoms with van der Waals surface area (Å²) in [5, 5.41) is 9.39. The molecule has 0 saturated carbocycles. The van der Waals surface area contributed by atoms with E-state index in [1.54, 1.807) is 19.2 Å². The summed E-state index contributed by atoms with van der Waals surface area (Å²) in [6, 6.07) is 3.11. The fourth-order valence-electron chi connectivity index (χ4n) is 1.96. The molecule has 1 fully saturated rings. The number of aliphatic hydroxyl groups is 1. The number of carbonyl (C=O) groups excluding carboxylic acids is 1. The van der Waals surface area contributed by atoms with E-state index in [0.29, 0.717) is 25.5 Å². The molecule has 1 aliphatic rings. The lowest BCUT2D eigenvalue weighted by Crippen LogP contribution is -2.52. The van der Waals surface area contributed by atoms with Gasteiger partial charge in [0.05, 0.1) is 36.9 Å². The summed E-state index contributed by atoms with van der Waals surface area (Å²) in [5.41, 5.74) is 6.76. The van der Waals surface area contributed by atoms with E-state index in [2.05, 4.69) is 4.98 Å². The molecule has 6 nitrogen and oxygen atoms in total. The number of aliphatic hydroxyl groups excluding tert-OH is 1. The van der Waals surface area contributed by atoms with Gasteiger partial charge in [-0.2, -0.15) is 0 Å². The molecular weight excluding hydrogens is 234 g/mol. The van der Waals surface area contributed by atoms with Crippen LogP contribution in [0.1, 0.15) is 18.7 Å². The van der Waals surface area contributed by atoms with Crippen molar-refractivity contribution in [2.45, 2.75) is 19.1 Å². The van der Waals surface area contributed by atoms with Crippen molar-refractivity contribution in [2.75, 3.05) is 24.7 Å². The number of nitrogens with zero attached hydrogens (tertiary/aromatic N) is 2. The zero-order chi connectivity index (χ0) is 13.1. The van der Waals surface area contributed by atoms with E-state index in [0.717, 1.165) is 5.69 Å². The molecule has 0 radical (unpaired) electrons. The van der Waals surface area contributed by atoms with Crippen LogP contribution in [0.15, 0.2) is 18.3 Å². The summed E-state index contributed by atoms with van der Waals surface area (Å²) in [6.07, 6.45) is 1.04. The van der Waals surface area contributed by atoms with Crippen molar-refractivity contribution in [1.29, 1.82) is 0 Å². The van der Waals surface area contributed by atoms with Gasteiger partial charge < -0.3 is 20.5 Å². The second-order valence-electron chi connectivity index (χ2n) is 4.30. The van der Waals surface area contributed by atoms with Crippen LogP contribution in [-0.4, -0.2) is 41.8 Å². The molecule has 1 amide bonds.